The van der Waals surface area contributed by atoms with Crippen LogP contribution in [0.4, 0.5) is 5.13 Å². The van der Waals surface area contributed by atoms with Gasteiger partial charge in [0.1, 0.15) is 0 Å². The highest BCUT2D eigenvalue weighted by Gasteiger charge is 2.14. The van der Waals surface area contributed by atoms with Crippen molar-refractivity contribution in [2.45, 2.75) is 13.0 Å². The summed E-state index contributed by atoms with van der Waals surface area (Å²) in [5.74, 6) is 1.86. The highest BCUT2D eigenvalue weighted by Crippen LogP contribution is 2.33. The van der Waals surface area contributed by atoms with Crippen molar-refractivity contribution in [1.82, 2.24) is 19.7 Å². The van der Waals surface area contributed by atoms with E-state index in [1.165, 1.54) is 11.3 Å². The van der Waals surface area contributed by atoms with Crippen molar-refractivity contribution in [1.29, 1.82) is 0 Å². The number of thiazole rings is 1. The van der Waals surface area contributed by atoms with Gasteiger partial charge in [-0.15, -0.1) is 22.7 Å². The van der Waals surface area contributed by atoms with E-state index in [2.05, 4.69) is 20.5 Å². The Hall–Kier alpha value is -3.02. The lowest BCUT2D eigenvalue weighted by atomic mass is 10.1. The topological polar surface area (TPSA) is 94.1 Å². The van der Waals surface area contributed by atoms with Crippen molar-refractivity contribution in [2.75, 3.05) is 19.5 Å². The van der Waals surface area contributed by atoms with E-state index in [0.717, 1.165) is 22.0 Å². The van der Waals surface area contributed by atoms with E-state index in [4.69, 9.17) is 21.7 Å². The number of carbonyl (C=O) groups excluding carboxylic acids is 1. The van der Waals surface area contributed by atoms with Crippen LogP contribution in [0.15, 0.2) is 41.1 Å². The van der Waals surface area contributed by atoms with Crippen LogP contribution in [-0.4, -0.2) is 39.9 Å². The first kappa shape index (κ1) is 21.2. The van der Waals surface area contributed by atoms with Crippen LogP contribution in [0.25, 0.3) is 22.0 Å². The van der Waals surface area contributed by atoms with Gasteiger partial charge in [-0.1, -0.05) is 6.07 Å². The number of nitrogens with one attached hydrogen (secondary N) is 2. The number of hydrogen-bond acceptors (Lipinski definition) is 8. The number of hydrogen-bond donors (Lipinski definition) is 2. The minimum absolute atomic E-state index is 0.145. The van der Waals surface area contributed by atoms with E-state index in [1.807, 2.05) is 45.7 Å². The summed E-state index contributed by atoms with van der Waals surface area (Å²) < 4.78 is 12.9. The molecule has 0 aliphatic carbocycles. The molecule has 1 aromatic carbocycles. The predicted molar refractivity (Wildman–Crippen MR) is 125 cm³/mol. The summed E-state index contributed by atoms with van der Waals surface area (Å²) in [5.41, 5.74) is 1.62. The Morgan fingerprint density at radius 3 is 2.81 bits per heavy atom. The maximum absolute atomic E-state index is 12.5. The van der Waals surface area contributed by atoms with Crippen LogP contribution in [0, 0.1) is 4.77 Å². The van der Waals surface area contributed by atoms with Crippen molar-refractivity contribution in [3.8, 4) is 33.5 Å². The van der Waals surface area contributed by atoms with Crippen molar-refractivity contribution in [3.63, 3.8) is 0 Å². The SMILES string of the molecule is COc1ccc(-c2csc(NC(=O)CCn3c(-c4cccs4)n[nH]c3=S)n2)cc1OC. The molecule has 0 saturated heterocycles. The number of anilines is 1. The van der Waals surface area contributed by atoms with Gasteiger partial charge >= 0.3 is 0 Å². The van der Waals surface area contributed by atoms with E-state index >= 15 is 0 Å². The van der Waals surface area contributed by atoms with Crippen molar-refractivity contribution in [2.24, 2.45) is 0 Å². The number of aromatic amines is 1. The summed E-state index contributed by atoms with van der Waals surface area (Å²) in [4.78, 5) is 18.0. The van der Waals surface area contributed by atoms with Crippen LogP contribution >= 0.6 is 34.9 Å². The fraction of sp³-hybridized carbons (Fsp3) is 0.200. The first-order valence-corrected chi connectivity index (χ1v) is 11.4. The fourth-order valence-corrected chi connectivity index (χ4v) is 4.65. The molecule has 0 bridgehead atoms. The van der Waals surface area contributed by atoms with Crippen LogP contribution in [0.3, 0.4) is 0 Å². The summed E-state index contributed by atoms with van der Waals surface area (Å²) in [6.07, 6.45) is 0.248. The van der Waals surface area contributed by atoms with Crippen molar-refractivity contribution in [3.05, 3.63) is 45.9 Å². The van der Waals surface area contributed by atoms with Gasteiger partial charge < -0.3 is 14.8 Å². The van der Waals surface area contributed by atoms with Gasteiger partial charge in [0.15, 0.2) is 27.2 Å². The number of nitrogens with zero attached hydrogens (tertiary/aromatic N) is 3. The fourth-order valence-electron chi connectivity index (χ4n) is 2.97. The summed E-state index contributed by atoms with van der Waals surface area (Å²) in [7, 11) is 3.18. The first-order chi connectivity index (χ1) is 15.1. The van der Waals surface area contributed by atoms with Crippen LogP contribution in [0.1, 0.15) is 6.42 Å². The van der Waals surface area contributed by atoms with Crippen molar-refractivity contribution >= 4 is 45.9 Å². The third-order valence-electron chi connectivity index (χ3n) is 4.49. The van der Waals surface area contributed by atoms with Crippen molar-refractivity contribution < 1.29 is 14.3 Å². The normalized spacial score (nSPS) is 10.8. The first-order valence-electron chi connectivity index (χ1n) is 9.26. The maximum Gasteiger partial charge on any atom is 0.227 e. The van der Waals surface area contributed by atoms with Gasteiger partial charge in [-0.05, 0) is 41.9 Å². The number of methoxy groups -OCH3 is 2. The van der Waals surface area contributed by atoms with Gasteiger partial charge in [0.05, 0.1) is 24.8 Å². The Kier molecular flexibility index (Phi) is 6.44. The molecule has 0 aliphatic rings. The van der Waals surface area contributed by atoms with Gasteiger partial charge in [-0.25, -0.2) is 4.98 Å². The molecule has 4 rings (SSSR count). The Morgan fingerprint density at radius 1 is 1.23 bits per heavy atom. The van der Waals surface area contributed by atoms with E-state index in [0.29, 0.717) is 27.9 Å². The molecule has 0 spiro atoms. The van der Waals surface area contributed by atoms with E-state index in [-0.39, 0.29) is 12.3 Å². The molecule has 160 valence electrons. The number of carbonyl (C=O) groups is 1. The number of rotatable bonds is 8. The molecule has 3 heterocycles. The van der Waals surface area contributed by atoms with Crippen LogP contribution in [0.2, 0.25) is 0 Å². The lowest BCUT2D eigenvalue weighted by Crippen LogP contribution is -2.14. The predicted octanol–water partition coefficient (Wildman–Crippen LogP) is 4.84. The minimum Gasteiger partial charge on any atom is -0.493 e. The zero-order valence-electron chi connectivity index (χ0n) is 16.7. The Balaban J connectivity index is 1.42. The summed E-state index contributed by atoms with van der Waals surface area (Å²) in [5, 5.41) is 14.3. The van der Waals surface area contributed by atoms with E-state index in [1.54, 1.807) is 25.6 Å². The second-order valence-corrected chi connectivity index (χ2v) is 8.58. The molecule has 4 aromatic rings. The van der Waals surface area contributed by atoms with Crippen LogP contribution < -0.4 is 14.8 Å². The Labute approximate surface area is 191 Å². The molecule has 0 atom stereocenters. The summed E-state index contributed by atoms with van der Waals surface area (Å²) in [6, 6.07) is 9.50. The van der Waals surface area contributed by atoms with Crippen LogP contribution in [-0.2, 0) is 11.3 Å². The molecular formula is C20H19N5O3S3. The number of thiophene rings is 1. The monoisotopic (exact) mass is 473 g/mol. The highest BCUT2D eigenvalue weighted by atomic mass is 32.1. The standard InChI is InChI=1S/C20H19N5O3S3/c1-27-14-6-5-12(10-15(14)28-2)13-11-31-19(21-13)22-17(26)7-8-25-18(23-24-20(25)29)16-4-3-9-30-16/h3-6,9-11H,7-8H2,1-2H3,(H,24,29)(H,21,22,26). The Morgan fingerprint density at radius 2 is 2.06 bits per heavy atom. The molecule has 0 fully saturated rings. The summed E-state index contributed by atoms with van der Waals surface area (Å²) >= 11 is 8.25. The zero-order valence-corrected chi connectivity index (χ0v) is 19.2. The van der Waals surface area contributed by atoms with Gasteiger partial charge in [-0.3, -0.25) is 14.5 Å². The molecule has 11 heteroatoms. The number of ether oxygens (including phenoxy) is 2. The molecular weight excluding hydrogens is 454 g/mol. The lowest BCUT2D eigenvalue weighted by Gasteiger charge is -2.08. The molecule has 3 aromatic heterocycles. The van der Waals surface area contributed by atoms with Gasteiger partial charge in [-0.2, -0.15) is 5.10 Å². The third-order valence-corrected chi connectivity index (χ3v) is 6.43. The zero-order chi connectivity index (χ0) is 21.8. The van der Waals surface area contributed by atoms with Gasteiger partial charge in [0.2, 0.25) is 5.91 Å². The molecule has 1 amide bonds. The quantitative estimate of drug-likeness (QED) is 0.356. The molecule has 8 nitrogen and oxygen atoms in total. The van der Waals surface area contributed by atoms with Gasteiger partial charge in [0.25, 0.3) is 0 Å². The third kappa shape index (κ3) is 4.68. The second-order valence-electron chi connectivity index (χ2n) is 6.39. The largest absolute Gasteiger partial charge is 0.493 e. The van der Waals surface area contributed by atoms with E-state index < -0.39 is 0 Å². The second kappa shape index (κ2) is 9.41. The number of H-pyrrole nitrogens is 1. The average Bonchev–Trinajstić information content (AvgIpc) is 3.53. The summed E-state index contributed by atoms with van der Waals surface area (Å²) in [6.45, 7) is 0.419. The molecule has 0 radical (unpaired) electrons. The van der Waals surface area contributed by atoms with E-state index in [9.17, 15) is 4.79 Å². The highest BCUT2D eigenvalue weighted by molar-refractivity contribution is 7.71. The molecule has 2 N–H and O–H groups in total. The molecule has 0 aliphatic heterocycles. The number of benzene rings is 1. The number of amides is 1. The Bertz CT molecular complexity index is 1240. The lowest BCUT2D eigenvalue weighted by molar-refractivity contribution is -0.116. The number of aromatic nitrogens is 4. The average molecular weight is 474 g/mol. The van der Waals surface area contributed by atoms with Gasteiger partial charge in [0, 0.05) is 23.9 Å². The molecule has 31 heavy (non-hydrogen) atoms. The minimum atomic E-state index is -0.145. The maximum atomic E-state index is 12.5. The molecule has 0 unspecified atom stereocenters. The smallest absolute Gasteiger partial charge is 0.227 e. The molecule has 0 saturated carbocycles. The van der Waals surface area contributed by atoms with Crippen LogP contribution in [0.5, 0.6) is 11.5 Å².